The lowest BCUT2D eigenvalue weighted by Crippen LogP contribution is -2.55. The molecule has 2 atom stereocenters. The van der Waals surface area contributed by atoms with Crippen LogP contribution < -0.4 is 5.73 Å². The number of piperazine rings is 1. The lowest BCUT2D eigenvalue weighted by atomic mass is 10.1. The van der Waals surface area contributed by atoms with E-state index in [2.05, 4.69) is 4.90 Å². The van der Waals surface area contributed by atoms with Gasteiger partial charge in [0.15, 0.2) is 0 Å². The summed E-state index contributed by atoms with van der Waals surface area (Å²) in [6.45, 7) is 6.29. The highest BCUT2D eigenvalue weighted by Crippen LogP contribution is 2.21. The van der Waals surface area contributed by atoms with Crippen molar-refractivity contribution in [3.05, 3.63) is 0 Å². The van der Waals surface area contributed by atoms with Crippen LogP contribution in [0.5, 0.6) is 0 Å². The van der Waals surface area contributed by atoms with Gasteiger partial charge in [0.05, 0.1) is 25.9 Å². The zero-order valence-corrected chi connectivity index (χ0v) is 14.2. The van der Waals surface area contributed by atoms with Gasteiger partial charge in [-0.15, -0.1) is 0 Å². The Morgan fingerprint density at radius 3 is 2.25 bits per heavy atom. The largest absolute Gasteiger partial charge is 0.379 e. The van der Waals surface area contributed by atoms with Crippen LogP contribution >= 0.6 is 0 Å². The minimum Gasteiger partial charge on any atom is -0.379 e. The predicted molar refractivity (Wildman–Crippen MR) is 87.4 cm³/mol. The molecule has 0 unspecified atom stereocenters. The van der Waals surface area contributed by atoms with Crippen LogP contribution in [-0.2, 0) is 19.1 Å². The number of hydrogen-bond acceptors (Lipinski definition) is 6. The van der Waals surface area contributed by atoms with E-state index in [0.29, 0.717) is 52.5 Å². The van der Waals surface area contributed by atoms with Crippen LogP contribution in [0.15, 0.2) is 0 Å². The van der Waals surface area contributed by atoms with E-state index < -0.39 is 0 Å². The Morgan fingerprint density at radius 2 is 1.62 bits per heavy atom. The first-order valence-corrected chi connectivity index (χ1v) is 8.89. The number of carbonyl (C=O) groups is 2. The lowest BCUT2D eigenvalue weighted by Gasteiger charge is -2.37. The molecule has 3 aliphatic rings. The first-order chi connectivity index (χ1) is 11.7. The van der Waals surface area contributed by atoms with E-state index in [4.69, 9.17) is 15.2 Å². The van der Waals surface area contributed by atoms with Gasteiger partial charge in [0.2, 0.25) is 5.91 Å². The second-order valence-corrected chi connectivity index (χ2v) is 6.65. The number of ether oxygens (including phenoxy) is 2. The number of hydrogen-bond donors (Lipinski definition) is 1. The van der Waals surface area contributed by atoms with Gasteiger partial charge >= 0.3 is 0 Å². The molecule has 3 saturated heterocycles. The number of amides is 2. The van der Waals surface area contributed by atoms with E-state index in [1.165, 1.54) is 0 Å². The molecular formula is C16H28N4O4. The highest BCUT2D eigenvalue weighted by Gasteiger charge is 2.34. The summed E-state index contributed by atoms with van der Waals surface area (Å²) in [4.78, 5) is 30.7. The molecule has 24 heavy (non-hydrogen) atoms. The number of nitrogens with two attached hydrogens (primary N) is 1. The average Bonchev–Trinajstić information content (AvgIpc) is 3.11. The molecule has 3 heterocycles. The normalized spacial score (nSPS) is 29.0. The van der Waals surface area contributed by atoms with E-state index in [9.17, 15) is 9.59 Å². The summed E-state index contributed by atoms with van der Waals surface area (Å²) in [5.74, 6) is 0.190. The summed E-state index contributed by atoms with van der Waals surface area (Å²) in [7, 11) is 0. The summed E-state index contributed by atoms with van der Waals surface area (Å²) in [5.41, 5.74) is 5.60. The first-order valence-electron chi connectivity index (χ1n) is 8.89. The first kappa shape index (κ1) is 17.6. The molecule has 0 aromatic carbocycles. The van der Waals surface area contributed by atoms with Crippen LogP contribution in [0.4, 0.5) is 0 Å². The van der Waals surface area contributed by atoms with Crippen LogP contribution in [0, 0.1) is 0 Å². The summed E-state index contributed by atoms with van der Waals surface area (Å²) in [6.07, 6.45) is 1.26. The monoisotopic (exact) mass is 340 g/mol. The summed E-state index contributed by atoms with van der Waals surface area (Å²) >= 11 is 0. The van der Waals surface area contributed by atoms with Crippen LogP contribution in [0.25, 0.3) is 0 Å². The predicted octanol–water partition coefficient (Wildman–Crippen LogP) is -1.50. The molecule has 0 aromatic heterocycles. The van der Waals surface area contributed by atoms with Crippen molar-refractivity contribution in [1.29, 1.82) is 0 Å². The third kappa shape index (κ3) is 4.24. The van der Waals surface area contributed by atoms with E-state index in [1.54, 1.807) is 0 Å². The molecule has 0 spiro atoms. The number of nitrogens with zero attached hydrogens (tertiary/aromatic N) is 3. The van der Waals surface area contributed by atoms with Gasteiger partial charge in [-0.05, 0) is 12.8 Å². The van der Waals surface area contributed by atoms with Crippen molar-refractivity contribution in [3.8, 4) is 0 Å². The minimum atomic E-state index is -0.353. The zero-order chi connectivity index (χ0) is 16.9. The molecule has 0 radical (unpaired) electrons. The zero-order valence-electron chi connectivity index (χ0n) is 14.2. The van der Waals surface area contributed by atoms with E-state index in [0.717, 1.165) is 25.9 Å². The van der Waals surface area contributed by atoms with Crippen molar-refractivity contribution in [1.82, 2.24) is 14.7 Å². The van der Waals surface area contributed by atoms with Gasteiger partial charge in [-0.2, -0.15) is 0 Å². The number of morpholine rings is 1. The van der Waals surface area contributed by atoms with E-state index in [1.807, 2.05) is 9.80 Å². The maximum absolute atomic E-state index is 12.5. The molecule has 8 heteroatoms. The molecule has 0 aliphatic carbocycles. The van der Waals surface area contributed by atoms with Crippen molar-refractivity contribution < 1.29 is 19.1 Å². The summed E-state index contributed by atoms with van der Waals surface area (Å²) < 4.78 is 11.0. The van der Waals surface area contributed by atoms with Gasteiger partial charge < -0.3 is 25.0 Å². The van der Waals surface area contributed by atoms with Gasteiger partial charge in [0, 0.05) is 45.8 Å². The highest BCUT2D eigenvalue weighted by atomic mass is 16.5. The number of carbonyl (C=O) groups excluding carboxylic acids is 2. The molecule has 3 aliphatic heterocycles. The van der Waals surface area contributed by atoms with Crippen molar-refractivity contribution in [2.24, 2.45) is 5.73 Å². The highest BCUT2D eigenvalue weighted by molar-refractivity contribution is 5.82. The third-order valence-electron chi connectivity index (χ3n) is 5.05. The van der Waals surface area contributed by atoms with Crippen molar-refractivity contribution in [2.45, 2.75) is 25.0 Å². The maximum Gasteiger partial charge on any atom is 0.251 e. The molecular weight excluding hydrogens is 312 g/mol. The Balaban J connectivity index is 1.41. The maximum atomic E-state index is 12.5. The Labute approximate surface area is 142 Å². The molecule has 0 saturated carbocycles. The van der Waals surface area contributed by atoms with Crippen LogP contribution in [-0.4, -0.2) is 104 Å². The topological polar surface area (TPSA) is 88.3 Å². The number of rotatable bonds is 4. The fraction of sp³-hybridized carbons (Fsp3) is 0.875. The van der Waals surface area contributed by atoms with Gasteiger partial charge in [-0.1, -0.05) is 0 Å². The SMILES string of the molecule is NC[C@H]1CC[C@@H](C(=O)N2CCN(C(=O)CN3CCOCC3)CC2)O1. The van der Waals surface area contributed by atoms with E-state index in [-0.39, 0.29) is 24.0 Å². The quantitative estimate of drug-likeness (QED) is 0.670. The molecule has 0 bridgehead atoms. The minimum absolute atomic E-state index is 0.00957. The fourth-order valence-electron chi connectivity index (χ4n) is 3.49. The Hall–Kier alpha value is -1.22. The van der Waals surface area contributed by atoms with Gasteiger partial charge in [0.25, 0.3) is 5.91 Å². The fourth-order valence-corrected chi connectivity index (χ4v) is 3.49. The average molecular weight is 340 g/mol. The lowest BCUT2D eigenvalue weighted by molar-refractivity contribution is -0.147. The second kappa shape index (κ2) is 8.24. The van der Waals surface area contributed by atoms with Crippen molar-refractivity contribution >= 4 is 11.8 Å². The summed E-state index contributed by atoms with van der Waals surface area (Å²) in [5, 5.41) is 0. The van der Waals surface area contributed by atoms with Crippen LogP contribution in [0.2, 0.25) is 0 Å². The molecule has 136 valence electrons. The van der Waals surface area contributed by atoms with Gasteiger partial charge in [0.1, 0.15) is 6.10 Å². The third-order valence-corrected chi connectivity index (χ3v) is 5.05. The second-order valence-electron chi connectivity index (χ2n) is 6.65. The van der Waals surface area contributed by atoms with Crippen LogP contribution in [0.3, 0.4) is 0 Å². The van der Waals surface area contributed by atoms with E-state index >= 15 is 0 Å². The molecule has 0 aromatic rings. The Bertz CT molecular complexity index is 447. The summed E-state index contributed by atoms with van der Waals surface area (Å²) in [6, 6.07) is 0. The van der Waals surface area contributed by atoms with Gasteiger partial charge in [-0.25, -0.2) is 0 Å². The molecule has 8 nitrogen and oxygen atoms in total. The molecule has 2 amide bonds. The Morgan fingerprint density at radius 1 is 0.958 bits per heavy atom. The Kier molecular flexibility index (Phi) is 6.04. The molecule has 3 rings (SSSR count). The standard InChI is InChI=1S/C16H28N4O4/c17-11-13-1-2-14(24-13)16(22)20-5-3-19(4-6-20)15(21)12-18-7-9-23-10-8-18/h13-14H,1-12,17H2/t13-,14+/m1/s1. The molecule has 3 fully saturated rings. The van der Waals surface area contributed by atoms with Gasteiger partial charge in [-0.3, -0.25) is 14.5 Å². The smallest absolute Gasteiger partial charge is 0.251 e. The molecule has 2 N–H and O–H groups in total. The van der Waals surface area contributed by atoms with Crippen LogP contribution in [0.1, 0.15) is 12.8 Å². The van der Waals surface area contributed by atoms with Crippen molar-refractivity contribution in [3.63, 3.8) is 0 Å². The van der Waals surface area contributed by atoms with Crippen molar-refractivity contribution in [2.75, 3.05) is 65.6 Å².